The van der Waals surface area contributed by atoms with E-state index < -0.39 is 0 Å². The van der Waals surface area contributed by atoms with E-state index >= 15 is 0 Å². The molecule has 0 aliphatic heterocycles. The van der Waals surface area contributed by atoms with E-state index in [1.807, 2.05) is 17.9 Å². The van der Waals surface area contributed by atoms with Crippen LogP contribution >= 0.6 is 0 Å². The molecule has 28 heavy (non-hydrogen) atoms. The SMILES string of the molecule is CO[N-]c1ncnc2c1n(C/C=C(\C)CC/C=C(\C)CCC=C(C)C)c[n+]2C. The summed E-state index contributed by atoms with van der Waals surface area (Å²) in [6.45, 7) is 9.48. The highest BCUT2D eigenvalue weighted by Crippen LogP contribution is 2.24. The van der Waals surface area contributed by atoms with Gasteiger partial charge in [-0.25, -0.2) is 4.57 Å². The second-order valence-electron chi connectivity index (χ2n) is 7.48. The topological polar surface area (TPSA) is 57.9 Å². The molecule has 0 atom stereocenters. The molecule has 0 fully saturated rings. The van der Waals surface area contributed by atoms with Crippen molar-refractivity contribution in [1.82, 2.24) is 14.5 Å². The summed E-state index contributed by atoms with van der Waals surface area (Å²) >= 11 is 0. The molecule has 0 bridgehead atoms. The van der Waals surface area contributed by atoms with Gasteiger partial charge in [-0.2, -0.15) is 0 Å². The maximum Gasteiger partial charge on any atom is 0.300 e. The number of rotatable bonds is 10. The zero-order valence-corrected chi connectivity index (χ0v) is 18.1. The Labute approximate surface area is 168 Å². The zero-order chi connectivity index (χ0) is 20.5. The molecule has 0 amide bonds. The minimum atomic E-state index is 0.550. The number of nitrogens with zero attached hydrogens (tertiary/aromatic N) is 5. The first-order chi connectivity index (χ1) is 13.4. The lowest BCUT2D eigenvalue weighted by Gasteiger charge is -2.11. The number of aromatic nitrogens is 4. The Morgan fingerprint density at radius 1 is 1.07 bits per heavy atom. The van der Waals surface area contributed by atoms with E-state index in [1.165, 1.54) is 30.2 Å². The minimum absolute atomic E-state index is 0.550. The molecule has 0 radical (unpaired) electrons. The summed E-state index contributed by atoms with van der Waals surface area (Å²) in [4.78, 5) is 13.5. The fourth-order valence-corrected chi connectivity index (χ4v) is 3.08. The van der Waals surface area contributed by atoms with Crippen LogP contribution in [-0.2, 0) is 18.4 Å². The highest BCUT2D eigenvalue weighted by Gasteiger charge is 2.14. The maximum absolute atomic E-state index is 4.93. The first-order valence-electron chi connectivity index (χ1n) is 9.80. The van der Waals surface area contributed by atoms with Crippen LogP contribution < -0.4 is 4.57 Å². The zero-order valence-electron chi connectivity index (χ0n) is 18.1. The number of imidazole rings is 1. The van der Waals surface area contributed by atoms with Crippen LogP contribution in [0.3, 0.4) is 0 Å². The quantitative estimate of drug-likeness (QED) is 0.320. The molecule has 0 saturated heterocycles. The predicted molar refractivity (Wildman–Crippen MR) is 114 cm³/mol. The van der Waals surface area contributed by atoms with E-state index in [1.54, 1.807) is 0 Å². The molecule has 0 aliphatic carbocycles. The first-order valence-corrected chi connectivity index (χ1v) is 9.80. The molecule has 0 aromatic carbocycles. The van der Waals surface area contributed by atoms with E-state index in [4.69, 9.17) is 4.84 Å². The van der Waals surface area contributed by atoms with Crippen LogP contribution in [0.15, 0.2) is 47.6 Å². The number of aryl methyl sites for hydroxylation is 1. The van der Waals surface area contributed by atoms with Crippen molar-refractivity contribution in [2.75, 3.05) is 7.11 Å². The molecule has 2 aromatic rings. The van der Waals surface area contributed by atoms with Crippen molar-refractivity contribution in [2.24, 2.45) is 7.05 Å². The lowest BCUT2D eigenvalue weighted by Crippen LogP contribution is -2.26. The smallest absolute Gasteiger partial charge is 0.300 e. The normalized spacial score (nSPS) is 12.5. The molecule has 6 nitrogen and oxygen atoms in total. The van der Waals surface area contributed by atoms with Crippen LogP contribution in [0.25, 0.3) is 16.6 Å². The van der Waals surface area contributed by atoms with Crippen molar-refractivity contribution < 1.29 is 9.40 Å². The van der Waals surface area contributed by atoms with Crippen LogP contribution in [0.2, 0.25) is 0 Å². The van der Waals surface area contributed by atoms with Crippen molar-refractivity contribution >= 4 is 17.0 Å². The molecule has 0 aliphatic rings. The van der Waals surface area contributed by atoms with E-state index in [0.717, 1.165) is 43.4 Å². The average molecular weight is 384 g/mol. The first kappa shape index (κ1) is 21.8. The Hall–Kier alpha value is -2.47. The largest absolute Gasteiger partial charge is 0.407 e. The Balaban J connectivity index is 1.98. The van der Waals surface area contributed by atoms with Gasteiger partial charge in [0.2, 0.25) is 0 Å². The Morgan fingerprint density at radius 3 is 2.43 bits per heavy atom. The molecule has 2 heterocycles. The van der Waals surface area contributed by atoms with Gasteiger partial charge in [0.15, 0.2) is 11.8 Å². The molecule has 2 aromatic heterocycles. The molecule has 2 rings (SSSR count). The van der Waals surface area contributed by atoms with Crippen LogP contribution in [0.4, 0.5) is 5.82 Å². The third kappa shape index (κ3) is 6.30. The predicted octanol–water partition coefficient (Wildman–Crippen LogP) is 5.24. The number of allylic oxidation sites excluding steroid dienone is 6. The molecule has 0 saturated carbocycles. The fraction of sp³-hybridized carbons (Fsp3) is 0.500. The van der Waals surface area contributed by atoms with Crippen molar-refractivity contribution in [3.8, 4) is 0 Å². The van der Waals surface area contributed by atoms with Gasteiger partial charge in [-0.15, -0.1) is 4.98 Å². The lowest BCUT2D eigenvalue weighted by molar-refractivity contribution is -0.647. The number of fused-ring (bicyclic) bond motifs is 1. The van der Waals surface area contributed by atoms with E-state index in [-0.39, 0.29) is 0 Å². The van der Waals surface area contributed by atoms with Gasteiger partial charge in [-0.1, -0.05) is 34.9 Å². The summed E-state index contributed by atoms with van der Waals surface area (Å²) in [6.07, 6.45) is 14.9. The highest BCUT2D eigenvalue weighted by molar-refractivity contribution is 5.81. The molecule has 152 valence electrons. The molecule has 0 unspecified atom stereocenters. The monoisotopic (exact) mass is 383 g/mol. The summed E-state index contributed by atoms with van der Waals surface area (Å²) in [7, 11) is 3.50. The summed E-state index contributed by atoms with van der Waals surface area (Å²) in [5.41, 5.74) is 9.98. The molecule has 6 heteroatoms. The van der Waals surface area contributed by atoms with Gasteiger partial charge in [-0.05, 0) is 53.4 Å². The van der Waals surface area contributed by atoms with Crippen LogP contribution in [-0.4, -0.2) is 21.6 Å². The van der Waals surface area contributed by atoms with E-state index in [2.05, 4.69) is 65.9 Å². The third-order valence-corrected chi connectivity index (χ3v) is 4.65. The van der Waals surface area contributed by atoms with Gasteiger partial charge < -0.3 is 15.3 Å². The van der Waals surface area contributed by atoms with Crippen LogP contribution in [0.5, 0.6) is 0 Å². The van der Waals surface area contributed by atoms with E-state index in [0.29, 0.717) is 5.82 Å². The fourth-order valence-electron chi connectivity index (χ4n) is 3.08. The van der Waals surface area contributed by atoms with Gasteiger partial charge >= 0.3 is 5.65 Å². The maximum atomic E-state index is 4.93. The second-order valence-corrected chi connectivity index (χ2v) is 7.48. The Bertz CT molecular complexity index is 872. The number of hydrogen-bond acceptors (Lipinski definition) is 3. The van der Waals surface area contributed by atoms with Crippen LogP contribution in [0, 0.1) is 0 Å². The molecule has 0 spiro atoms. The van der Waals surface area contributed by atoms with Crippen molar-refractivity contribution in [1.29, 1.82) is 0 Å². The van der Waals surface area contributed by atoms with Crippen molar-refractivity contribution in [3.63, 3.8) is 0 Å². The van der Waals surface area contributed by atoms with Crippen molar-refractivity contribution in [2.45, 2.75) is 59.9 Å². The summed E-state index contributed by atoms with van der Waals surface area (Å²) in [6, 6.07) is 0. The van der Waals surface area contributed by atoms with Gasteiger partial charge in [0.25, 0.3) is 0 Å². The van der Waals surface area contributed by atoms with Crippen LogP contribution in [0.1, 0.15) is 53.4 Å². The average Bonchev–Trinajstić information content (AvgIpc) is 2.97. The van der Waals surface area contributed by atoms with Gasteiger partial charge in [-0.3, -0.25) is 4.57 Å². The Morgan fingerprint density at radius 2 is 1.75 bits per heavy atom. The lowest BCUT2D eigenvalue weighted by atomic mass is 10.1. The number of hydrogen-bond donors (Lipinski definition) is 0. The molecular weight excluding hydrogens is 350 g/mol. The molecular formula is C22H33N5O. The second kappa shape index (κ2) is 10.8. The Kier molecular flexibility index (Phi) is 8.39. The minimum Gasteiger partial charge on any atom is -0.407 e. The third-order valence-electron chi connectivity index (χ3n) is 4.65. The summed E-state index contributed by atoms with van der Waals surface area (Å²) in [5, 5.41) is 0. The van der Waals surface area contributed by atoms with Gasteiger partial charge in [0.1, 0.15) is 0 Å². The molecule has 0 N–H and O–H groups in total. The van der Waals surface area contributed by atoms with Crippen molar-refractivity contribution in [3.05, 3.63) is 53.1 Å². The standard InChI is InChI=1S/C22H33N5O/c1-17(2)9-7-10-18(3)11-8-12-19(4)13-14-27-16-26(5)22-20(27)21(25-28-6)23-15-24-22/h9,11,13,15-16H,7-8,10,12,14H2,1-6H3/b18-11+,19-13+. The summed E-state index contributed by atoms with van der Waals surface area (Å²) in [5.74, 6) is 0.550. The van der Waals surface area contributed by atoms with Gasteiger partial charge in [0.05, 0.1) is 19.9 Å². The summed E-state index contributed by atoms with van der Waals surface area (Å²) < 4.78 is 4.09. The van der Waals surface area contributed by atoms with E-state index in [9.17, 15) is 0 Å². The highest BCUT2D eigenvalue weighted by atomic mass is 16.6. The van der Waals surface area contributed by atoms with Gasteiger partial charge in [0, 0.05) is 12.9 Å².